The molecule has 0 aliphatic heterocycles. The van der Waals surface area contributed by atoms with Gasteiger partial charge in [0.15, 0.2) is 0 Å². The molecule has 1 aromatic heterocycles. The van der Waals surface area contributed by atoms with Crippen molar-refractivity contribution in [3.05, 3.63) is 21.9 Å². The highest BCUT2D eigenvalue weighted by Crippen LogP contribution is 2.29. The zero-order valence-electron chi connectivity index (χ0n) is 10.8. The number of aliphatic hydroxyl groups is 1. The maximum absolute atomic E-state index is 11.9. The molecular weight excluding hydrogens is 246 g/mol. The fourth-order valence-electron chi connectivity index (χ4n) is 2.66. The van der Waals surface area contributed by atoms with Crippen LogP contribution < -0.4 is 5.32 Å². The molecule has 1 amide bonds. The van der Waals surface area contributed by atoms with Crippen LogP contribution in [0.2, 0.25) is 0 Å². The molecule has 0 saturated heterocycles. The molecule has 2 atom stereocenters. The van der Waals surface area contributed by atoms with Gasteiger partial charge in [0.05, 0.1) is 4.88 Å². The lowest BCUT2D eigenvalue weighted by atomic mass is 9.79. The Bertz CT molecular complexity index is 402. The summed E-state index contributed by atoms with van der Waals surface area (Å²) in [5.74, 6) is 0.827. The van der Waals surface area contributed by atoms with Crippen LogP contribution in [0.1, 0.15) is 40.2 Å². The molecule has 1 fully saturated rings. The molecule has 0 bridgehead atoms. The Balaban J connectivity index is 1.85. The van der Waals surface area contributed by atoms with Crippen LogP contribution >= 0.6 is 11.3 Å². The van der Waals surface area contributed by atoms with Crippen molar-refractivity contribution in [2.24, 2.45) is 11.8 Å². The SMILES string of the molecule is Cc1ccc(C(=O)NCC2CCCCC2CO)s1. The average Bonchev–Trinajstić information content (AvgIpc) is 2.83. The standard InChI is InChI=1S/C14H21NO2S/c1-10-6-7-13(18-10)14(17)15-8-11-4-2-3-5-12(11)9-16/h6-7,11-12,16H,2-5,8-9H2,1H3,(H,15,17). The summed E-state index contributed by atoms with van der Waals surface area (Å²) in [5, 5.41) is 12.3. The molecule has 0 aromatic carbocycles. The number of amides is 1. The molecular formula is C14H21NO2S. The molecule has 1 aliphatic rings. The van der Waals surface area contributed by atoms with Crippen LogP contribution in [0.5, 0.6) is 0 Å². The number of thiophene rings is 1. The average molecular weight is 267 g/mol. The van der Waals surface area contributed by atoms with Gasteiger partial charge in [0.1, 0.15) is 0 Å². The van der Waals surface area contributed by atoms with Gasteiger partial charge in [0, 0.05) is 18.0 Å². The van der Waals surface area contributed by atoms with Gasteiger partial charge < -0.3 is 10.4 Å². The van der Waals surface area contributed by atoms with Gasteiger partial charge in [-0.25, -0.2) is 0 Å². The summed E-state index contributed by atoms with van der Waals surface area (Å²) in [6, 6.07) is 3.84. The van der Waals surface area contributed by atoms with Crippen molar-refractivity contribution in [2.45, 2.75) is 32.6 Å². The second-order valence-electron chi connectivity index (χ2n) is 5.11. The van der Waals surface area contributed by atoms with Crippen molar-refractivity contribution in [1.29, 1.82) is 0 Å². The first-order valence-electron chi connectivity index (χ1n) is 6.66. The van der Waals surface area contributed by atoms with Crippen molar-refractivity contribution in [1.82, 2.24) is 5.32 Å². The first-order valence-corrected chi connectivity index (χ1v) is 7.48. The third-order valence-electron chi connectivity index (χ3n) is 3.79. The lowest BCUT2D eigenvalue weighted by Gasteiger charge is -2.30. The molecule has 0 radical (unpaired) electrons. The van der Waals surface area contributed by atoms with Crippen molar-refractivity contribution in [3.8, 4) is 0 Å². The second kappa shape index (κ2) is 6.34. The molecule has 2 rings (SSSR count). The monoisotopic (exact) mass is 267 g/mol. The predicted molar refractivity (Wildman–Crippen MR) is 73.9 cm³/mol. The number of aliphatic hydroxyl groups excluding tert-OH is 1. The van der Waals surface area contributed by atoms with E-state index in [2.05, 4.69) is 5.32 Å². The van der Waals surface area contributed by atoms with Crippen molar-refractivity contribution < 1.29 is 9.90 Å². The summed E-state index contributed by atoms with van der Waals surface area (Å²) in [4.78, 5) is 13.9. The van der Waals surface area contributed by atoms with Gasteiger partial charge in [-0.1, -0.05) is 12.8 Å². The van der Waals surface area contributed by atoms with Crippen LogP contribution in [0.25, 0.3) is 0 Å². The largest absolute Gasteiger partial charge is 0.396 e. The molecule has 2 unspecified atom stereocenters. The number of carbonyl (C=O) groups is 1. The first kappa shape index (κ1) is 13.6. The van der Waals surface area contributed by atoms with Crippen molar-refractivity contribution in [2.75, 3.05) is 13.2 Å². The molecule has 2 N–H and O–H groups in total. The van der Waals surface area contributed by atoms with Gasteiger partial charge in [-0.2, -0.15) is 0 Å². The number of carbonyl (C=O) groups excluding carboxylic acids is 1. The number of hydrogen-bond donors (Lipinski definition) is 2. The Morgan fingerprint density at radius 2 is 2.11 bits per heavy atom. The van der Waals surface area contributed by atoms with Crippen LogP contribution in [-0.2, 0) is 0 Å². The zero-order valence-corrected chi connectivity index (χ0v) is 11.6. The van der Waals surface area contributed by atoms with Crippen LogP contribution in [0.15, 0.2) is 12.1 Å². The molecule has 3 nitrogen and oxygen atoms in total. The molecule has 4 heteroatoms. The third kappa shape index (κ3) is 3.33. The Labute approximate surface area is 112 Å². The van der Waals surface area contributed by atoms with E-state index in [0.29, 0.717) is 18.4 Å². The zero-order chi connectivity index (χ0) is 13.0. The maximum Gasteiger partial charge on any atom is 0.261 e. The van der Waals surface area contributed by atoms with E-state index in [1.807, 2.05) is 19.1 Å². The van der Waals surface area contributed by atoms with E-state index in [4.69, 9.17) is 0 Å². The summed E-state index contributed by atoms with van der Waals surface area (Å²) < 4.78 is 0. The highest BCUT2D eigenvalue weighted by Gasteiger charge is 2.24. The molecule has 18 heavy (non-hydrogen) atoms. The molecule has 1 aromatic rings. The van der Waals surface area contributed by atoms with E-state index >= 15 is 0 Å². The van der Waals surface area contributed by atoms with Crippen molar-refractivity contribution in [3.63, 3.8) is 0 Å². The molecule has 100 valence electrons. The number of aryl methyl sites for hydroxylation is 1. The fourth-order valence-corrected chi connectivity index (χ4v) is 3.44. The highest BCUT2D eigenvalue weighted by molar-refractivity contribution is 7.13. The molecule has 0 spiro atoms. The van der Waals surface area contributed by atoms with E-state index in [1.54, 1.807) is 0 Å². The minimum atomic E-state index is 0.0235. The van der Waals surface area contributed by atoms with Gasteiger partial charge in [-0.3, -0.25) is 4.79 Å². The van der Waals surface area contributed by atoms with E-state index in [-0.39, 0.29) is 12.5 Å². The minimum Gasteiger partial charge on any atom is -0.396 e. The fraction of sp³-hybridized carbons (Fsp3) is 0.643. The Morgan fingerprint density at radius 1 is 1.39 bits per heavy atom. The lowest BCUT2D eigenvalue weighted by Crippen LogP contribution is -2.35. The highest BCUT2D eigenvalue weighted by atomic mass is 32.1. The van der Waals surface area contributed by atoms with E-state index in [1.165, 1.54) is 24.2 Å². The van der Waals surface area contributed by atoms with Crippen LogP contribution in [0, 0.1) is 18.8 Å². The molecule has 1 saturated carbocycles. The normalized spacial score (nSPS) is 23.9. The number of hydrogen-bond acceptors (Lipinski definition) is 3. The van der Waals surface area contributed by atoms with E-state index in [0.717, 1.165) is 22.6 Å². The van der Waals surface area contributed by atoms with Gasteiger partial charge in [0.25, 0.3) is 5.91 Å². The van der Waals surface area contributed by atoms with E-state index in [9.17, 15) is 9.90 Å². The molecule has 1 heterocycles. The Morgan fingerprint density at radius 3 is 2.72 bits per heavy atom. The lowest BCUT2D eigenvalue weighted by molar-refractivity contribution is 0.0913. The quantitative estimate of drug-likeness (QED) is 0.881. The third-order valence-corrected chi connectivity index (χ3v) is 4.79. The van der Waals surface area contributed by atoms with Crippen LogP contribution in [0.4, 0.5) is 0 Å². The maximum atomic E-state index is 11.9. The summed E-state index contributed by atoms with van der Waals surface area (Å²) in [6.45, 7) is 2.95. The number of nitrogens with one attached hydrogen (secondary N) is 1. The van der Waals surface area contributed by atoms with E-state index < -0.39 is 0 Å². The van der Waals surface area contributed by atoms with Gasteiger partial charge >= 0.3 is 0 Å². The van der Waals surface area contributed by atoms with Crippen LogP contribution in [-0.4, -0.2) is 24.2 Å². The summed E-state index contributed by atoms with van der Waals surface area (Å²) in [7, 11) is 0. The predicted octanol–water partition coefficient (Wildman–Crippen LogP) is 2.59. The second-order valence-corrected chi connectivity index (χ2v) is 6.40. The summed E-state index contributed by atoms with van der Waals surface area (Å²) in [5.41, 5.74) is 0. The van der Waals surface area contributed by atoms with Crippen molar-refractivity contribution >= 4 is 17.2 Å². The summed E-state index contributed by atoms with van der Waals surface area (Å²) in [6.07, 6.45) is 4.64. The smallest absolute Gasteiger partial charge is 0.261 e. The molecule has 1 aliphatic carbocycles. The minimum absolute atomic E-state index is 0.0235. The van der Waals surface area contributed by atoms with Gasteiger partial charge in [-0.15, -0.1) is 11.3 Å². The Hall–Kier alpha value is -0.870. The number of rotatable bonds is 4. The Kier molecular flexibility index (Phi) is 4.78. The summed E-state index contributed by atoms with van der Waals surface area (Å²) >= 11 is 1.53. The van der Waals surface area contributed by atoms with Gasteiger partial charge in [-0.05, 0) is 43.7 Å². The first-order chi connectivity index (χ1) is 8.70. The van der Waals surface area contributed by atoms with Crippen LogP contribution in [0.3, 0.4) is 0 Å². The topological polar surface area (TPSA) is 49.3 Å². The van der Waals surface area contributed by atoms with Gasteiger partial charge in [0.2, 0.25) is 0 Å².